The molecule has 3 heteroatoms. The summed E-state index contributed by atoms with van der Waals surface area (Å²) >= 11 is 0. The van der Waals surface area contributed by atoms with Gasteiger partial charge in [0, 0.05) is 12.2 Å². The van der Waals surface area contributed by atoms with E-state index in [9.17, 15) is 5.11 Å². The molecule has 1 fully saturated rings. The van der Waals surface area contributed by atoms with Gasteiger partial charge in [-0.15, -0.1) is 0 Å². The number of hydrogen-bond donors (Lipinski definition) is 2. The molecule has 1 unspecified atom stereocenters. The minimum Gasteiger partial charge on any atom is -0.374 e. The Morgan fingerprint density at radius 1 is 1.57 bits per heavy atom. The molecule has 1 saturated heterocycles. The van der Waals surface area contributed by atoms with E-state index < -0.39 is 0 Å². The van der Waals surface area contributed by atoms with Gasteiger partial charge in [-0.05, 0) is 38.3 Å². The van der Waals surface area contributed by atoms with Crippen molar-refractivity contribution in [3.05, 3.63) is 24.4 Å². The first-order valence-corrected chi connectivity index (χ1v) is 5.27. The topological polar surface area (TPSA) is 49.5 Å². The van der Waals surface area contributed by atoms with Gasteiger partial charge in [0.25, 0.3) is 0 Å². The number of likely N-dealkylation sites (tertiary alicyclic amines) is 1. The highest BCUT2D eigenvalue weighted by atomic mass is 16.3. The molecule has 0 aromatic heterocycles. The summed E-state index contributed by atoms with van der Waals surface area (Å²) in [5.41, 5.74) is 6.45. The van der Waals surface area contributed by atoms with Crippen LogP contribution < -0.4 is 5.73 Å². The number of aliphatic hydroxyl groups is 1. The summed E-state index contributed by atoms with van der Waals surface area (Å²) in [7, 11) is 0. The Bertz CT molecular complexity index is 213. The highest BCUT2D eigenvalue weighted by molar-refractivity contribution is 5.16. The van der Waals surface area contributed by atoms with Crippen LogP contribution in [0.4, 0.5) is 0 Å². The average molecular weight is 196 g/mol. The normalized spacial score (nSPS) is 23.7. The maximum atomic E-state index is 9.78. The van der Waals surface area contributed by atoms with Crippen LogP contribution in [0, 0.1) is 0 Å². The quantitative estimate of drug-likeness (QED) is 0.664. The standard InChI is InChI=1S/C11H20N2O/c1-2-10(6-5-8-12)13-9-4-3-7-11(13)14/h2,6,11,14H,1,3-5,7-9,12H2/b10-6+. The summed E-state index contributed by atoms with van der Waals surface area (Å²) in [5, 5.41) is 9.78. The monoisotopic (exact) mass is 196 g/mol. The van der Waals surface area contributed by atoms with Crippen molar-refractivity contribution in [1.29, 1.82) is 0 Å². The summed E-state index contributed by atoms with van der Waals surface area (Å²) in [6, 6.07) is 0. The molecule has 0 spiro atoms. The summed E-state index contributed by atoms with van der Waals surface area (Å²) < 4.78 is 0. The molecule has 14 heavy (non-hydrogen) atoms. The van der Waals surface area contributed by atoms with E-state index in [0.717, 1.165) is 37.9 Å². The fourth-order valence-corrected chi connectivity index (χ4v) is 1.76. The van der Waals surface area contributed by atoms with Crippen molar-refractivity contribution in [2.24, 2.45) is 5.73 Å². The van der Waals surface area contributed by atoms with Crippen LogP contribution in [0.3, 0.4) is 0 Å². The van der Waals surface area contributed by atoms with E-state index in [1.165, 1.54) is 0 Å². The van der Waals surface area contributed by atoms with Crippen molar-refractivity contribution in [3.63, 3.8) is 0 Å². The zero-order valence-electron chi connectivity index (χ0n) is 8.65. The van der Waals surface area contributed by atoms with Gasteiger partial charge in [-0.1, -0.05) is 12.7 Å². The van der Waals surface area contributed by atoms with Gasteiger partial charge in [0.2, 0.25) is 0 Å². The Labute approximate surface area is 85.9 Å². The molecule has 0 radical (unpaired) electrons. The average Bonchev–Trinajstić information content (AvgIpc) is 2.21. The van der Waals surface area contributed by atoms with Gasteiger partial charge >= 0.3 is 0 Å². The van der Waals surface area contributed by atoms with Crippen molar-refractivity contribution < 1.29 is 5.11 Å². The van der Waals surface area contributed by atoms with Gasteiger partial charge in [-0.3, -0.25) is 0 Å². The number of aliphatic hydroxyl groups excluding tert-OH is 1. The number of rotatable bonds is 4. The second-order valence-electron chi connectivity index (χ2n) is 3.58. The zero-order valence-corrected chi connectivity index (χ0v) is 8.65. The first kappa shape index (κ1) is 11.3. The van der Waals surface area contributed by atoms with E-state index in [0.29, 0.717) is 6.54 Å². The lowest BCUT2D eigenvalue weighted by Gasteiger charge is -2.34. The largest absolute Gasteiger partial charge is 0.374 e. The Morgan fingerprint density at radius 2 is 2.36 bits per heavy atom. The predicted molar refractivity (Wildman–Crippen MR) is 58.5 cm³/mol. The molecular weight excluding hydrogens is 176 g/mol. The number of allylic oxidation sites excluding steroid dienone is 1. The van der Waals surface area contributed by atoms with Gasteiger partial charge < -0.3 is 15.7 Å². The molecule has 1 aliphatic rings. The number of nitrogens with two attached hydrogens (primary N) is 1. The Kier molecular flexibility index (Phi) is 4.70. The highest BCUT2D eigenvalue weighted by Gasteiger charge is 2.19. The Hall–Kier alpha value is -0.800. The number of piperidine rings is 1. The number of nitrogens with zero attached hydrogens (tertiary/aromatic N) is 1. The van der Waals surface area contributed by atoms with Crippen LogP contribution in [0.2, 0.25) is 0 Å². The first-order valence-electron chi connectivity index (χ1n) is 5.27. The van der Waals surface area contributed by atoms with E-state index in [4.69, 9.17) is 5.73 Å². The van der Waals surface area contributed by atoms with Crippen LogP contribution in [-0.2, 0) is 0 Å². The molecule has 0 bridgehead atoms. The van der Waals surface area contributed by atoms with E-state index >= 15 is 0 Å². The molecule has 1 rings (SSSR count). The SMILES string of the molecule is C=C/C(=C\CCN)N1CCCCC1O. The molecule has 0 aromatic carbocycles. The third-order valence-electron chi connectivity index (χ3n) is 2.53. The second kappa shape index (κ2) is 5.83. The molecular formula is C11H20N2O. The Morgan fingerprint density at radius 3 is 2.93 bits per heavy atom. The van der Waals surface area contributed by atoms with Crippen LogP contribution >= 0.6 is 0 Å². The highest BCUT2D eigenvalue weighted by Crippen LogP contribution is 2.20. The van der Waals surface area contributed by atoms with Crippen molar-refractivity contribution in [2.75, 3.05) is 13.1 Å². The summed E-state index contributed by atoms with van der Waals surface area (Å²) in [6.07, 6.45) is 7.44. The number of hydrogen-bond acceptors (Lipinski definition) is 3. The zero-order chi connectivity index (χ0) is 10.4. The molecule has 80 valence electrons. The van der Waals surface area contributed by atoms with Gasteiger partial charge in [0.15, 0.2) is 0 Å². The molecule has 3 nitrogen and oxygen atoms in total. The molecule has 0 amide bonds. The van der Waals surface area contributed by atoms with Gasteiger partial charge in [0.1, 0.15) is 6.23 Å². The van der Waals surface area contributed by atoms with Crippen molar-refractivity contribution >= 4 is 0 Å². The molecule has 1 heterocycles. The minimum absolute atomic E-state index is 0.342. The summed E-state index contributed by atoms with van der Waals surface area (Å²) in [6.45, 7) is 5.32. The maximum absolute atomic E-state index is 9.78. The lowest BCUT2D eigenvalue weighted by molar-refractivity contribution is 0.00234. The molecule has 1 atom stereocenters. The summed E-state index contributed by atoms with van der Waals surface area (Å²) in [5.74, 6) is 0. The Balaban J connectivity index is 2.61. The first-order chi connectivity index (χ1) is 6.79. The third-order valence-corrected chi connectivity index (χ3v) is 2.53. The third kappa shape index (κ3) is 2.86. The lowest BCUT2D eigenvalue weighted by atomic mass is 10.1. The summed E-state index contributed by atoms with van der Waals surface area (Å²) in [4.78, 5) is 2.01. The van der Waals surface area contributed by atoms with E-state index in [-0.39, 0.29) is 6.23 Å². The fraction of sp³-hybridized carbons (Fsp3) is 0.636. The van der Waals surface area contributed by atoms with E-state index in [1.807, 2.05) is 11.0 Å². The van der Waals surface area contributed by atoms with E-state index in [2.05, 4.69) is 6.58 Å². The molecule has 0 saturated carbocycles. The smallest absolute Gasteiger partial charge is 0.126 e. The second-order valence-corrected chi connectivity index (χ2v) is 3.58. The van der Waals surface area contributed by atoms with Gasteiger partial charge in [0.05, 0.1) is 0 Å². The minimum atomic E-state index is -0.342. The van der Waals surface area contributed by atoms with Crippen LogP contribution in [0.1, 0.15) is 25.7 Å². The maximum Gasteiger partial charge on any atom is 0.126 e. The predicted octanol–water partition coefficient (Wildman–Crippen LogP) is 1.21. The fourth-order valence-electron chi connectivity index (χ4n) is 1.76. The molecule has 1 aliphatic heterocycles. The van der Waals surface area contributed by atoms with Crippen molar-refractivity contribution in [2.45, 2.75) is 31.9 Å². The molecule has 0 aromatic rings. The van der Waals surface area contributed by atoms with Crippen LogP contribution in [0.25, 0.3) is 0 Å². The van der Waals surface area contributed by atoms with Gasteiger partial charge in [-0.2, -0.15) is 0 Å². The van der Waals surface area contributed by atoms with Crippen molar-refractivity contribution in [1.82, 2.24) is 4.90 Å². The lowest BCUT2D eigenvalue weighted by Crippen LogP contribution is -2.38. The van der Waals surface area contributed by atoms with E-state index in [1.54, 1.807) is 6.08 Å². The van der Waals surface area contributed by atoms with Crippen molar-refractivity contribution in [3.8, 4) is 0 Å². The van der Waals surface area contributed by atoms with Crippen LogP contribution in [0.15, 0.2) is 24.4 Å². The molecule has 0 aliphatic carbocycles. The molecule has 3 N–H and O–H groups in total. The van der Waals surface area contributed by atoms with Crippen LogP contribution in [0.5, 0.6) is 0 Å². The van der Waals surface area contributed by atoms with Gasteiger partial charge in [-0.25, -0.2) is 0 Å². The van der Waals surface area contributed by atoms with Crippen LogP contribution in [-0.4, -0.2) is 29.3 Å².